The number of aromatic nitrogens is 2. The van der Waals surface area contributed by atoms with Gasteiger partial charge in [-0.25, -0.2) is 9.97 Å². The first-order valence-corrected chi connectivity index (χ1v) is 7.64. The first-order chi connectivity index (χ1) is 10.3. The lowest BCUT2D eigenvalue weighted by Gasteiger charge is -2.19. The molecule has 0 spiro atoms. The number of benzene rings is 1. The molecule has 0 radical (unpaired) electrons. The predicted molar refractivity (Wildman–Crippen MR) is 83.4 cm³/mol. The Morgan fingerprint density at radius 1 is 1.24 bits per heavy atom. The van der Waals surface area contributed by atoms with Crippen LogP contribution in [-0.4, -0.2) is 23.1 Å². The van der Waals surface area contributed by atoms with Crippen LogP contribution in [0.4, 0.5) is 0 Å². The lowest BCUT2D eigenvalue weighted by Crippen LogP contribution is -2.26. The molecule has 4 nitrogen and oxygen atoms in total. The smallest absolute Gasteiger partial charge is 0.159 e. The third kappa shape index (κ3) is 2.90. The lowest BCUT2D eigenvalue weighted by molar-refractivity contribution is 0.340. The highest BCUT2D eigenvalue weighted by molar-refractivity contribution is 5.58. The Hall–Kier alpha value is -1.94. The Balaban J connectivity index is 2.04. The molecule has 1 aromatic heterocycles. The summed E-state index contributed by atoms with van der Waals surface area (Å²) in [6.45, 7) is 6.69. The molecule has 4 heteroatoms. The quantitative estimate of drug-likeness (QED) is 0.937. The van der Waals surface area contributed by atoms with Gasteiger partial charge in [0.2, 0.25) is 0 Å². The number of ether oxygens (including phenoxy) is 1. The van der Waals surface area contributed by atoms with E-state index in [-0.39, 0.29) is 0 Å². The molecule has 0 unspecified atom stereocenters. The van der Waals surface area contributed by atoms with E-state index in [4.69, 9.17) is 14.7 Å². The lowest BCUT2D eigenvalue weighted by atomic mass is 10.0. The highest BCUT2D eigenvalue weighted by Crippen LogP contribution is 2.24. The van der Waals surface area contributed by atoms with Gasteiger partial charge in [-0.05, 0) is 25.5 Å². The first-order valence-electron chi connectivity index (χ1n) is 7.64. The summed E-state index contributed by atoms with van der Waals surface area (Å²) < 4.78 is 5.57. The van der Waals surface area contributed by atoms with Crippen LogP contribution in [-0.2, 0) is 19.4 Å². The average Bonchev–Trinajstić information content (AvgIpc) is 2.54. The Kier molecular flexibility index (Phi) is 4.15. The monoisotopic (exact) mass is 283 g/mol. The van der Waals surface area contributed by atoms with E-state index in [0.717, 1.165) is 48.8 Å². The largest absolute Gasteiger partial charge is 0.494 e. The van der Waals surface area contributed by atoms with Crippen molar-refractivity contribution in [1.29, 1.82) is 0 Å². The molecule has 21 heavy (non-hydrogen) atoms. The van der Waals surface area contributed by atoms with Crippen LogP contribution in [0.5, 0.6) is 5.75 Å². The highest BCUT2D eigenvalue weighted by atomic mass is 16.5. The Morgan fingerprint density at radius 3 is 2.95 bits per heavy atom. The van der Waals surface area contributed by atoms with Crippen molar-refractivity contribution in [3.8, 4) is 17.1 Å². The zero-order chi connectivity index (χ0) is 14.7. The fourth-order valence-electron chi connectivity index (χ4n) is 2.73. The number of hydrogen-bond acceptors (Lipinski definition) is 4. The molecule has 1 aliphatic heterocycles. The van der Waals surface area contributed by atoms with Gasteiger partial charge in [-0.2, -0.15) is 0 Å². The van der Waals surface area contributed by atoms with E-state index in [2.05, 4.69) is 12.2 Å². The standard InChI is InChI=1S/C17H21N3O/c1-3-15-14-11-18-9-8-16(14)20-17(19-15)12-6-5-7-13(10-12)21-4-2/h5-7,10,18H,3-4,8-9,11H2,1-2H3. The number of nitrogens with one attached hydrogen (secondary N) is 1. The molecule has 0 amide bonds. The van der Waals surface area contributed by atoms with Crippen molar-refractivity contribution in [2.24, 2.45) is 0 Å². The van der Waals surface area contributed by atoms with E-state index >= 15 is 0 Å². The van der Waals surface area contributed by atoms with Gasteiger partial charge in [0.05, 0.1) is 12.3 Å². The zero-order valence-corrected chi connectivity index (χ0v) is 12.6. The van der Waals surface area contributed by atoms with Crippen molar-refractivity contribution in [2.45, 2.75) is 33.2 Å². The molecule has 0 saturated heterocycles. The van der Waals surface area contributed by atoms with E-state index in [9.17, 15) is 0 Å². The van der Waals surface area contributed by atoms with Crippen molar-refractivity contribution in [2.75, 3.05) is 13.2 Å². The topological polar surface area (TPSA) is 47.0 Å². The van der Waals surface area contributed by atoms with Crippen LogP contribution in [0, 0.1) is 0 Å². The molecule has 110 valence electrons. The average molecular weight is 283 g/mol. The van der Waals surface area contributed by atoms with Gasteiger partial charge in [0.25, 0.3) is 0 Å². The number of hydrogen-bond donors (Lipinski definition) is 1. The summed E-state index contributed by atoms with van der Waals surface area (Å²) in [6.07, 6.45) is 1.91. The summed E-state index contributed by atoms with van der Waals surface area (Å²) in [4.78, 5) is 9.56. The van der Waals surface area contributed by atoms with Crippen LogP contribution >= 0.6 is 0 Å². The molecular weight excluding hydrogens is 262 g/mol. The summed E-state index contributed by atoms with van der Waals surface area (Å²) >= 11 is 0. The van der Waals surface area contributed by atoms with Crippen LogP contribution in [0.15, 0.2) is 24.3 Å². The van der Waals surface area contributed by atoms with Gasteiger partial charge in [-0.15, -0.1) is 0 Å². The maximum Gasteiger partial charge on any atom is 0.159 e. The summed E-state index contributed by atoms with van der Waals surface area (Å²) in [6, 6.07) is 8.03. The molecule has 0 saturated carbocycles. The minimum absolute atomic E-state index is 0.667. The van der Waals surface area contributed by atoms with E-state index < -0.39 is 0 Å². The molecule has 0 fully saturated rings. The van der Waals surface area contributed by atoms with E-state index in [1.54, 1.807) is 0 Å². The Morgan fingerprint density at radius 2 is 2.14 bits per heavy atom. The maximum absolute atomic E-state index is 5.57. The van der Waals surface area contributed by atoms with Crippen LogP contribution < -0.4 is 10.1 Å². The van der Waals surface area contributed by atoms with Crippen molar-refractivity contribution in [3.05, 3.63) is 41.2 Å². The van der Waals surface area contributed by atoms with Gasteiger partial charge in [0.1, 0.15) is 5.75 Å². The van der Waals surface area contributed by atoms with Crippen LogP contribution in [0.2, 0.25) is 0 Å². The predicted octanol–water partition coefficient (Wildman–Crippen LogP) is 2.75. The molecule has 2 heterocycles. The molecular formula is C17H21N3O. The second-order valence-electron chi connectivity index (χ2n) is 5.16. The third-order valence-electron chi connectivity index (χ3n) is 3.76. The Labute approximate surface area is 125 Å². The van der Waals surface area contributed by atoms with Gasteiger partial charge in [-0.3, -0.25) is 0 Å². The fourth-order valence-corrected chi connectivity index (χ4v) is 2.73. The Bertz CT molecular complexity index is 623. The summed E-state index contributed by atoms with van der Waals surface area (Å²) in [5.74, 6) is 1.69. The van der Waals surface area contributed by atoms with Crippen molar-refractivity contribution >= 4 is 0 Å². The van der Waals surface area contributed by atoms with Gasteiger partial charge >= 0.3 is 0 Å². The number of nitrogens with zero attached hydrogens (tertiary/aromatic N) is 2. The van der Waals surface area contributed by atoms with Gasteiger partial charge in [-0.1, -0.05) is 19.1 Å². The fraction of sp³-hybridized carbons (Fsp3) is 0.412. The number of rotatable bonds is 4. The van der Waals surface area contributed by atoms with Crippen LogP contribution in [0.3, 0.4) is 0 Å². The van der Waals surface area contributed by atoms with Gasteiger partial charge < -0.3 is 10.1 Å². The molecule has 1 aliphatic rings. The third-order valence-corrected chi connectivity index (χ3v) is 3.76. The van der Waals surface area contributed by atoms with Gasteiger partial charge in [0.15, 0.2) is 5.82 Å². The minimum Gasteiger partial charge on any atom is -0.494 e. The van der Waals surface area contributed by atoms with Crippen molar-refractivity contribution in [1.82, 2.24) is 15.3 Å². The van der Waals surface area contributed by atoms with Gasteiger partial charge in [0, 0.05) is 36.3 Å². The second-order valence-corrected chi connectivity index (χ2v) is 5.16. The molecule has 1 N–H and O–H groups in total. The maximum atomic E-state index is 5.57. The summed E-state index contributed by atoms with van der Waals surface area (Å²) in [5.41, 5.74) is 4.66. The van der Waals surface area contributed by atoms with E-state index in [1.165, 1.54) is 11.3 Å². The second kappa shape index (κ2) is 6.22. The van der Waals surface area contributed by atoms with E-state index in [1.807, 2.05) is 31.2 Å². The molecule has 0 bridgehead atoms. The zero-order valence-electron chi connectivity index (χ0n) is 12.6. The number of aryl methyl sites for hydroxylation is 1. The molecule has 0 aliphatic carbocycles. The highest BCUT2D eigenvalue weighted by Gasteiger charge is 2.17. The van der Waals surface area contributed by atoms with Crippen LogP contribution in [0.1, 0.15) is 30.8 Å². The SMILES string of the molecule is CCOc1cccc(-c2nc(CC)c3c(n2)CCNC3)c1. The molecule has 3 rings (SSSR count). The van der Waals surface area contributed by atoms with E-state index in [0.29, 0.717) is 6.61 Å². The van der Waals surface area contributed by atoms with Crippen molar-refractivity contribution < 1.29 is 4.74 Å². The molecule has 2 aromatic rings. The van der Waals surface area contributed by atoms with Crippen molar-refractivity contribution in [3.63, 3.8) is 0 Å². The molecule has 1 aromatic carbocycles. The first kappa shape index (κ1) is 14.0. The van der Waals surface area contributed by atoms with Crippen LogP contribution in [0.25, 0.3) is 11.4 Å². The normalized spacial score (nSPS) is 13.8. The summed E-state index contributed by atoms with van der Waals surface area (Å²) in [5, 5.41) is 3.40. The number of fused-ring (bicyclic) bond motifs is 1. The minimum atomic E-state index is 0.667. The molecule has 0 atom stereocenters. The summed E-state index contributed by atoms with van der Waals surface area (Å²) in [7, 11) is 0.